The van der Waals surface area contributed by atoms with E-state index < -0.39 is 11.9 Å². The molecule has 168 valence electrons. The monoisotopic (exact) mass is 458 g/mol. The molecule has 0 bridgehead atoms. The van der Waals surface area contributed by atoms with Crippen molar-refractivity contribution in [1.82, 2.24) is 19.9 Å². The second-order valence-electron chi connectivity index (χ2n) is 6.91. The number of hydrogen-bond acceptors (Lipinski definition) is 8. The Balaban J connectivity index is 0.000000427. The Labute approximate surface area is 187 Å². The molecule has 3 aromatic rings. The molecule has 1 atom stereocenters. The normalized spacial score (nSPS) is 14.8. The Bertz CT molecular complexity index is 1030. The third-order valence-corrected chi connectivity index (χ3v) is 5.75. The molecule has 11 heteroatoms. The van der Waals surface area contributed by atoms with Crippen molar-refractivity contribution in [2.45, 2.75) is 13.0 Å². The first-order valence-corrected chi connectivity index (χ1v) is 10.7. The minimum absolute atomic E-state index is 0.0268. The number of piperazine rings is 1. The summed E-state index contributed by atoms with van der Waals surface area (Å²) in [5.41, 5.74) is 0.945. The van der Waals surface area contributed by atoms with Gasteiger partial charge < -0.3 is 19.6 Å². The van der Waals surface area contributed by atoms with E-state index in [1.807, 2.05) is 52.7 Å². The Morgan fingerprint density at radius 1 is 1.00 bits per heavy atom. The molecule has 1 aliphatic rings. The topological polar surface area (TPSA) is 137 Å². The van der Waals surface area contributed by atoms with Crippen LogP contribution in [-0.2, 0) is 9.59 Å². The van der Waals surface area contributed by atoms with Crippen LogP contribution >= 0.6 is 11.3 Å². The molecule has 0 aliphatic carbocycles. The van der Waals surface area contributed by atoms with Crippen LogP contribution in [0.3, 0.4) is 0 Å². The maximum atomic E-state index is 12.4. The smallest absolute Gasteiger partial charge is 0.414 e. The number of carboxylic acid groups (broad SMARTS) is 2. The lowest BCUT2D eigenvalue weighted by molar-refractivity contribution is -0.159. The third-order valence-electron chi connectivity index (χ3n) is 4.90. The van der Waals surface area contributed by atoms with Gasteiger partial charge in [-0.25, -0.2) is 9.59 Å². The van der Waals surface area contributed by atoms with Crippen molar-refractivity contribution < 1.29 is 29.1 Å². The van der Waals surface area contributed by atoms with E-state index in [0.717, 1.165) is 23.5 Å². The predicted octanol–water partition coefficient (Wildman–Crippen LogP) is 2.47. The number of carbonyl (C=O) groups is 3. The van der Waals surface area contributed by atoms with Crippen molar-refractivity contribution >= 4 is 29.2 Å². The van der Waals surface area contributed by atoms with E-state index in [-0.39, 0.29) is 11.9 Å². The van der Waals surface area contributed by atoms with Gasteiger partial charge in [0.15, 0.2) is 0 Å². The number of rotatable bonds is 4. The van der Waals surface area contributed by atoms with Gasteiger partial charge in [0, 0.05) is 31.7 Å². The first-order chi connectivity index (χ1) is 15.4. The van der Waals surface area contributed by atoms with E-state index in [1.54, 1.807) is 0 Å². The van der Waals surface area contributed by atoms with Gasteiger partial charge in [-0.15, -0.1) is 11.3 Å². The third kappa shape index (κ3) is 5.77. The molecule has 3 heterocycles. The van der Waals surface area contributed by atoms with E-state index in [1.165, 1.54) is 11.3 Å². The quantitative estimate of drug-likeness (QED) is 0.565. The zero-order chi connectivity index (χ0) is 23.1. The number of amides is 1. The molecule has 0 radical (unpaired) electrons. The molecule has 10 nitrogen and oxygen atoms in total. The molecule has 1 fully saturated rings. The van der Waals surface area contributed by atoms with Crippen molar-refractivity contribution in [3.63, 3.8) is 0 Å². The molecule has 2 aromatic heterocycles. The number of nitrogens with zero attached hydrogens (tertiary/aromatic N) is 4. The zero-order valence-electron chi connectivity index (χ0n) is 17.2. The lowest BCUT2D eigenvalue weighted by Crippen LogP contribution is -2.49. The van der Waals surface area contributed by atoms with E-state index >= 15 is 0 Å². The van der Waals surface area contributed by atoms with Crippen LogP contribution in [-0.4, -0.2) is 74.2 Å². The molecule has 1 saturated heterocycles. The van der Waals surface area contributed by atoms with Gasteiger partial charge in [-0.1, -0.05) is 41.6 Å². The van der Waals surface area contributed by atoms with Gasteiger partial charge in [0.1, 0.15) is 0 Å². The second-order valence-corrected chi connectivity index (χ2v) is 7.86. The van der Waals surface area contributed by atoms with Crippen LogP contribution in [0.25, 0.3) is 11.4 Å². The van der Waals surface area contributed by atoms with Gasteiger partial charge in [-0.05, 0) is 18.4 Å². The Hall–Kier alpha value is -3.57. The summed E-state index contributed by atoms with van der Waals surface area (Å²) in [6, 6.07) is 13.6. The van der Waals surface area contributed by atoms with Gasteiger partial charge in [0.05, 0.1) is 10.9 Å². The highest BCUT2D eigenvalue weighted by Gasteiger charge is 2.28. The fourth-order valence-corrected chi connectivity index (χ4v) is 3.82. The molecule has 32 heavy (non-hydrogen) atoms. The van der Waals surface area contributed by atoms with Gasteiger partial charge in [0.2, 0.25) is 11.7 Å². The summed E-state index contributed by atoms with van der Waals surface area (Å²) >= 11 is 1.49. The number of thiophene rings is 1. The van der Waals surface area contributed by atoms with Crippen LogP contribution in [0.5, 0.6) is 0 Å². The number of aromatic nitrogens is 2. The number of carboxylic acids is 2. The number of carbonyl (C=O) groups excluding carboxylic acids is 1. The molecule has 1 aromatic carbocycles. The molecule has 4 rings (SSSR count). The molecule has 1 unspecified atom stereocenters. The minimum Gasteiger partial charge on any atom is -0.473 e. The standard InChI is InChI=1S/C19H20N4O2S.C2H2O4/c1-14(18-20-17(21-25-18)15-6-3-2-4-7-15)22-9-11-23(12-10-22)19(24)16-8-5-13-26-16;3-1(4)2(5)6/h2-8,13-14H,9-12H2,1H3;(H,3,4)(H,5,6). The van der Waals surface area contributed by atoms with Gasteiger partial charge >= 0.3 is 11.9 Å². The van der Waals surface area contributed by atoms with E-state index in [9.17, 15) is 4.79 Å². The zero-order valence-corrected chi connectivity index (χ0v) is 18.1. The van der Waals surface area contributed by atoms with Crippen molar-refractivity contribution in [3.8, 4) is 11.4 Å². The Kier molecular flexibility index (Phi) is 7.68. The van der Waals surface area contributed by atoms with E-state index in [4.69, 9.17) is 24.3 Å². The minimum atomic E-state index is -1.82. The van der Waals surface area contributed by atoms with Crippen molar-refractivity contribution in [2.75, 3.05) is 26.2 Å². The van der Waals surface area contributed by atoms with Crippen molar-refractivity contribution in [3.05, 3.63) is 58.6 Å². The van der Waals surface area contributed by atoms with Gasteiger partial charge in [0.25, 0.3) is 5.91 Å². The fourth-order valence-electron chi connectivity index (χ4n) is 3.13. The maximum Gasteiger partial charge on any atom is 0.414 e. The lowest BCUT2D eigenvalue weighted by Gasteiger charge is -2.36. The molecular weight excluding hydrogens is 436 g/mol. The lowest BCUT2D eigenvalue weighted by atomic mass is 10.2. The average Bonchev–Trinajstić information content (AvgIpc) is 3.52. The Morgan fingerprint density at radius 3 is 2.22 bits per heavy atom. The molecular formula is C21H22N4O6S. The van der Waals surface area contributed by atoms with Crippen LogP contribution in [0, 0.1) is 0 Å². The summed E-state index contributed by atoms with van der Waals surface area (Å²) in [5.74, 6) is -2.30. The van der Waals surface area contributed by atoms with Crippen LogP contribution in [0.1, 0.15) is 28.5 Å². The van der Waals surface area contributed by atoms with Crippen LogP contribution in [0.2, 0.25) is 0 Å². The van der Waals surface area contributed by atoms with Crippen LogP contribution in [0.4, 0.5) is 0 Å². The van der Waals surface area contributed by atoms with Gasteiger partial charge in [-0.3, -0.25) is 9.69 Å². The highest BCUT2D eigenvalue weighted by molar-refractivity contribution is 7.12. The fraction of sp³-hybridized carbons (Fsp3) is 0.286. The highest BCUT2D eigenvalue weighted by atomic mass is 32.1. The molecule has 0 spiro atoms. The van der Waals surface area contributed by atoms with Crippen LogP contribution < -0.4 is 0 Å². The summed E-state index contributed by atoms with van der Waals surface area (Å²) in [6.07, 6.45) is 0. The molecule has 2 N–H and O–H groups in total. The summed E-state index contributed by atoms with van der Waals surface area (Å²) in [6.45, 7) is 5.07. The first kappa shape index (κ1) is 23.1. The van der Waals surface area contributed by atoms with E-state index in [0.29, 0.717) is 24.8 Å². The predicted molar refractivity (Wildman–Crippen MR) is 115 cm³/mol. The molecule has 1 aliphatic heterocycles. The summed E-state index contributed by atoms with van der Waals surface area (Å²) < 4.78 is 5.49. The SMILES string of the molecule is CC(c1nc(-c2ccccc2)no1)N1CCN(C(=O)c2cccs2)CC1.O=C(O)C(=O)O. The second kappa shape index (κ2) is 10.6. The Morgan fingerprint density at radius 2 is 1.66 bits per heavy atom. The van der Waals surface area contributed by atoms with Crippen molar-refractivity contribution in [1.29, 1.82) is 0 Å². The molecule has 1 amide bonds. The molecule has 0 saturated carbocycles. The largest absolute Gasteiger partial charge is 0.473 e. The highest BCUT2D eigenvalue weighted by Crippen LogP contribution is 2.24. The maximum absolute atomic E-state index is 12.4. The van der Waals surface area contributed by atoms with Gasteiger partial charge in [-0.2, -0.15) is 4.98 Å². The van der Waals surface area contributed by atoms with Crippen LogP contribution in [0.15, 0.2) is 52.4 Å². The summed E-state index contributed by atoms with van der Waals surface area (Å²) in [5, 5.41) is 20.8. The average molecular weight is 458 g/mol. The number of benzene rings is 1. The van der Waals surface area contributed by atoms with Crippen molar-refractivity contribution in [2.24, 2.45) is 0 Å². The summed E-state index contributed by atoms with van der Waals surface area (Å²) in [7, 11) is 0. The number of aliphatic carboxylic acids is 2. The summed E-state index contributed by atoms with van der Waals surface area (Å²) in [4.78, 5) is 40.2. The van der Waals surface area contributed by atoms with E-state index in [2.05, 4.69) is 22.0 Å². The number of hydrogen-bond donors (Lipinski definition) is 2. The first-order valence-electron chi connectivity index (χ1n) is 9.79.